The van der Waals surface area contributed by atoms with Gasteiger partial charge < -0.3 is 9.47 Å². The molecule has 9 heteroatoms. The molecule has 4 aromatic rings. The van der Waals surface area contributed by atoms with Crippen LogP contribution in [0.4, 0.5) is 10.8 Å². The van der Waals surface area contributed by atoms with Crippen molar-refractivity contribution >= 4 is 28.4 Å². The largest absolute Gasteiger partial charge is 0.496 e. The Kier molecular flexibility index (Phi) is 7.14. The average molecular weight is 475 g/mol. The lowest BCUT2D eigenvalue weighted by atomic mass is 10.1. The van der Waals surface area contributed by atoms with Crippen molar-refractivity contribution in [2.45, 2.75) is 13.5 Å². The molecule has 0 fully saturated rings. The van der Waals surface area contributed by atoms with E-state index in [2.05, 4.69) is 15.5 Å². The molecule has 172 valence electrons. The molecular formula is C25H22N4O4S. The molecule has 0 aliphatic carbocycles. The lowest BCUT2D eigenvalue weighted by Gasteiger charge is -2.12. The Balaban J connectivity index is 1.45. The summed E-state index contributed by atoms with van der Waals surface area (Å²) in [7, 11) is 1.57. The fourth-order valence-electron chi connectivity index (χ4n) is 3.26. The molecule has 0 saturated heterocycles. The van der Waals surface area contributed by atoms with Crippen LogP contribution in [0.2, 0.25) is 0 Å². The summed E-state index contributed by atoms with van der Waals surface area (Å²) in [6.45, 7) is 1.96. The Bertz CT molecular complexity index is 1320. The van der Waals surface area contributed by atoms with Crippen molar-refractivity contribution in [1.82, 2.24) is 4.98 Å². The average Bonchev–Trinajstić information content (AvgIpc) is 3.32. The molecule has 0 aliphatic heterocycles. The maximum Gasteiger partial charge on any atom is 0.310 e. The highest BCUT2D eigenvalue weighted by molar-refractivity contribution is 7.14. The maximum atomic E-state index is 11.3. The molecule has 34 heavy (non-hydrogen) atoms. The molecule has 0 bridgehead atoms. The zero-order valence-corrected chi connectivity index (χ0v) is 19.4. The maximum absolute atomic E-state index is 11.3. The summed E-state index contributed by atoms with van der Waals surface area (Å²) in [5.74, 6) is 0.832. The number of hydrazone groups is 1. The first-order chi connectivity index (χ1) is 16.5. The number of aromatic nitrogens is 1. The fourth-order valence-corrected chi connectivity index (χ4v) is 3.93. The van der Waals surface area contributed by atoms with E-state index < -0.39 is 4.92 Å². The number of nitro groups is 1. The third-order valence-corrected chi connectivity index (χ3v) is 5.69. The molecule has 0 unspecified atom stereocenters. The number of benzene rings is 3. The second-order valence-electron chi connectivity index (χ2n) is 7.36. The summed E-state index contributed by atoms with van der Waals surface area (Å²) < 4.78 is 11.2. The van der Waals surface area contributed by atoms with Gasteiger partial charge in [0.25, 0.3) is 0 Å². The molecule has 0 aliphatic rings. The first-order valence-corrected chi connectivity index (χ1v) is 11.3. The van der Waals surface area contributed by atoms with Crippen molar-refractivity contribution in [2.24, 2.45) is 5.10 Å². The van der Waals surface area contributed by atoms with Gasteiger partial charge in [0.15, 0.2) is 5.75 Å². The molecule has 0 radical (unpaired) electrons. The van der Waals surface area contributed by atoms with E-state index in [1.807, 2.05) is 60.8 Å². The van der Waals surface area contributed by atoms with Gasteiger partial charge in [-0.1, -0.05) is 36.4 Å². The number of nitrogens with zero attached hydrogens (tertiary/aromatic N) is 3. The van der Waals surface area contributed by atoms with E-state index in [1.165, 1.54) is 17.4 Å². The van der Waals surface area contributed by atoms with Crippen molar-refractivity contribution in [3.8, 4) is 22.8 Å². The molecule has 4 rings (SSSR count). The molecule has 0 spiro atoms. The van der Waals surface area contributed by atoms with E-state index in [4.69, 9.17) is 9.47 Å². The number of aryl methyl sites for hydroxylation is 1. The summed E-state index contributed by atoms with van der Waals surface area (Å²) in [6.07, 6.45) is 1.67. The van der Waals surface area contributed by atoms with Crippen LogP contribution in [-0.2, 0) is 6.61 Å². The SMILES string of the molecule is COc1ccc(C=NNc2nc(-c3ccccc3)cs2)cc1COc1cc(C)ccc1[N+](=O)[O-]. The number of hydrogen-bond donors (Lipinski definition) is 1. The molecule has 8 nitrogen and oxygen atoms in total. The van der Waals surface area contributed by atoms with Crippen LogP contribution in [0.3, 0.4) is 0 Å². The fraction of sp³-hybridized carbons (Fsp3) is 0.120. The topological polar surface area (TPSA) is 98.9 Å². The molecule has 0 atom stereocenters. The van der Waals surface area contributed by atoms with Gasteiger partial charge in [-0.2, -0.15) is 5.10 Å². The number of nitro benzene ring substituents is 1. The van der Waals surface area contributed by atoms with Crippen LogP contribution in [0.25, 0.3) is 11.3 Å². The zero-order valence-electron chi connectivity index (χ0n) is 18.6. The third-order valence-electron chi connectivity index (χ3n) is 4.95. The van der Waals surface area contributed by atoms with Gasteiger partial charge in [-0.3, -0.25) is 15.5 Å². The standard InChI is InChI=1S/C25H22N4O4S/c1-17-8-10-22(29(30)31)24(12-17)33-15-20-13-18(9-11-23(20)32-2)14-26-28-25-27-21(16-34-25)19-6-4-3-5-7-19/h3-14,16H,15H2,1-2H3,(H,27,28). The summed E-state index contributed by atoms with van der Waals surface area (Å²) in [5, 5.41) is 18.2. The van der Waals surface area contributed by atoms with Crippen LogP contribution >= 0.6 is 11.3 Å². The quantitative estimate of drug-likeness (QED) is 0.180. The summed E-state index contributed by atoms with van der Waals surface area (Å²) in [4.78, 5) is 15.4. The van der Waals surface area contributed by atoms with Crippen molar-refractivity contribution in [2.75, 3.05) is 12.5 Å². The zero-order chi connectivity index (χ0) is 23.9. The van der Waals surface area contributed by atoms with Gasteiger partial charge in [-0.05, 0) is 42.3 Å². The van der Waals surface area contributed by atoms with Crippen molar-refractivity contribution in [3.63, 3.8) is 0 Å². The normalized spacial score (nSPS) is 10.9. The molecule has 0 saturated carbocycles. The Labute approximate surface area is 200 Å². The van der Waals surface area contributed by atoms with Crippen LogP contribution in [0.1, 0.15) is 16.7 Å². The first-order valence-electron chi connectivity index (χ1n) is 10.4. The van der Waals surface area contributed by atoms with Crippen LogP contribution in [0.15, 0.2) is 77.2 Å². The van der Waals surface area contributed by atoms with Gasteiger partial charge in [0.1, 0.15) is 12.4 Å². The minimum absolute atomic E-state index is 0.0789. The molecule has 1 heterocycles. The number of nitrogens with one attached hydrogen (secondary N) is 1. The van der Waals surface area contributed by atoms with Gasteiger partial charge in [0.05, 0.1) is 23.9 Å². The summed E-state index contributed by atoms with van der Waals surface area (Å²) >= 11 is 1.47. The number of anilines is 1. The van der Waals surface area contributed by atoms with E-state index in [0.29, 0.717) is 10.9 Å². The summed E-state index contributed by atoms with van der Waals surface area (Å²) in [5.41, 5.74) is 7.23. The van der Waals surface area contributed by atoms with Crippen LogP contribution in [-0.4, -0.2) is 23.2 Å². The Morgan fingerprint density at radius 2 is 1.94 bits per heavy atom. The minimum Gasteiger partial charge on any atom is -0.496 e. The molecule has 0 amide bonds. The van der Waals surface area contributed by atoms with Gasteiger partial charge >= 0.3 is 5.69 Å². The van der Waals surface area contributed by atoms with Crippen LogP contribution in [0, 0.1) is 17.0 Å². The third kappa shape index (κ3) is 5.57. The number of methoxy groups -OCH3 is 1. The van der Waals surface area contributed by atoms with Gasteiger partial charge in [-0.25, -0.2) is 4.98 Å². The van der Waals surface area contributed by atoms with Gasteiger partial charge in [0.2, 0.25) is 5.13 Å². The highest BCUT2D eigenvalue weighted by atomic mass is 32.1. The highest BCUT2D eigenvalue weighted by Gasteiger charge is 2.16. The number of thiazole rings is 1. The minimum atomic E-state index is -0.456. The van der Waals surface area contributed by atoms with Gasteiger partial charge in [0, 0.05) is 22.6 Å². The van der Waals surface area contributed by atoms with Crippen LogP contribution < -0.4 is 14.9 Å². The van der Waals surface area contributed by atoms with E-state index >= 15 is 0 Å². The van der Waals surface area contributed by atoms with Crippen LogP contribution in [0.5, 0.6) is 11.5 Å². The second kappa shape index (κ2) is 10.6. The number of ether oxygens (including phenoxy) is 2. The smallest absolute Gasteiger partial charge is 0.310 e. The van der Waals surface area contributed by atoms with E-state index in [1.54, 1.807) is 25.5 Å². The van der Waals surface area contributed by atoms with Crippen molar-refractivity contribution in [3.05, 3.63) is 98.9 Å². The Morgan fingerprint density at radius 1 is 1.12 bits per heavy atom. The molecule has 3 aromatic carbocycles. The highest BCUT2D eigenvalue weighted by Crippen LogP contribution is 2.30. The monoisotopic (exact) mass is 474 g/mol. The second-order valence-corrected chi connectivity index (χ2v) is 8.22. The van der Waals surface area contributed by atoms with Crippen molar-refractivity contribution < 1.29 is 14.4 Å². The summed E-state index contributed by atoms with van der Waals surface area (Å²) in [6, 6.07) is 20.2. The Hall–Kier alpha value is -4.24. The first kappa shape index (κ1) is 22.9. The predicted molar refractivity (Wildman–Crippen MR) is 134 cm³/mol. The van der Waals surface area contributed by atoms with E-state index in [9.17, 15) is 10.1 Å². The lowest BCUT2D eigenvalue weighted by Crippen LogP contribution is -2.02. The predicted octanol–water partition coefficient (Wildman–Crippen LogP) is 6.06. The molecule has 1 aromatic heterocycles. The Morgan fingerprint density at radius 3 is 2.71 bits per heavy atom. The van der Waals surface area contributed by atoms with Crippen molar-refractivity contribution in [1.29, 1.82) is 0 Å². The van der Waals surface area contributed by atoms with E-state index in [0.717, 1.165) is 27.9 Å². The van der Waals surface area contributed by atoms with E-state index in [-0.39, 0.29) is 18.0 Å². The number of hydrogen-bond acceptors (Lipinski definition) is 8. The molecule has 1 N–H and O–H groups in total. The lowest BCUT2D eigenvalue weighted by molar-refractivity contribution is -0.386. The van der Waals surface area contributed by atoms with Gasteiger partial charge in [-0.15, -0.1) is 11.3 Å². The number of rotatable bonds is 9. The molecular weight excluding hydrogens is 452 g/mol.